The zero-order valence-corrected chi connectivity index (χ0v) is 9.48. The Labute approximate surface area is 90.5 Å². The van der Waals surface area contributed by atoms with E-state index in [1.54, 1.807) is 16.7 Å². The zero-order valence-electron chi connectivity index (χ0n) is 9.48. The van der Waals surface area contributed by atoms with Gasteiger partial charge in [-0.15, -0.1) is 0 Å². The molecule has 1 N–H and O–H groups in total. The van der Waals surface area contributed by atoms with Gasteiger partial charge in [0.25, 0.3) is 0 Å². The minimum absolute atomic E-state index is 1.21. The van der Waals surface area contributed by atoms with E-state index in [1.165, 1.54) is 42.3 Å². The lowest BCUT2D eigenvalue weighted by molar-refractivity contribution is 0.847. The fraction of sp³-hybridized carbons (Fsp3) is 0.429. The lowest BCUT2D eigenvalue weighted by Crippen LogP contribution is -2.08. The first kappa shape index (κ1) is 9.02. The van der Waals surface area contributed by atoms with E-state index in [-0.39, 0.29) is 0 Å². The molecule has 0 saturated carbocycles. The Kier molecular flexibility index (Phi) is 1.88. The summed E-state index contributed by atoms with van der Waals surface area (Å²) >= 11 is 0. The maximum Gasteiger partial charge on any atom is 0.0461 e. The topological polar surface area (TPSA) is 15.8 Å². The number of aryl methyl sites for hydroxylation is 4. The van der Waals surface area contributed by atoms with Gasteiger partial charge in [0.2, 0.25) is 0 Å². The maximum absolute atomic E-state index is 3.51. The molecule has 0 spiro atoms. The van der Waals surface area contributed by atoms with Crippen LogP contribution in [0.15, 0.2) is 12.1 Å². The van der Waals surface area contributed by atoms with Crippen molar-refractivity contribution in [1.29, 1.82) is 0 Å². The highest BCUT2D eigenvalue weighted by molar-refractivity contribution is 5.90. The predicted octanol–water partition coefficient (Wildman–Crippen LogP) is 3.53. The molecule has 0 amide bonds. The second-order valence-corrected chi connectivity index (χ2v) is 4.60. The van der Waals surface area contributed by atoms with E-state index in [4.69, 9.17) is 0 Å². The molecule has 2 aromatic rings. The van der Waals surface area contributed by atoms with Crippen molar-refractivity contribution in [2.24, 2.45) is 0 Å². The monoisotopic (exact) mass is 199 g/mol. The maximum atomic E-state index is 3.51. The van der Waals surface area contributed by atoms with Gasteiger partial charge in [-0.05, 0) is 48.9 Å². The van der Waals surface area contributed by atoms with Crippen molar-refractivity contribution in [3.8, 4) is 0 Å². The summed E-state index contributed by atoms with van der Waals surface area (Å²) in [6.45, 7) is 4.46. The Balaban J connectivity index is 2.32. The first-order valence-corrected chi connectivity index (χ1v) is 5.93. The fourth-order valence-corrected chi connectivity index (χ4v) is 2.77. The van der Waals surface area contributed by atoms with E-state index in [1.807, 2.05) is 0 Å². The number of fused-ring (bicyclic) bond motifs is 3. The molecule has 0 fully saturated rings. The third-order valence-electron chi connectivity index (χ3n) is 3.63. The van der Waals surface area contributed by atoms with Gasteiger partial charge in [0, 0.05) is 16.6 Å². The molecule has 1 heterocycles. The Morgan fingerprint density at radius 1 is 1.27 bits per heavy atom. The van der Waals surface area contributed by atoms with E-state index < -0.39 is 0 Å². The van der Waals surface area contributed by atoms with Gasteiger partial charge in [0.05, 0.1) is 0 Å². The van der Waals surface area contributed by atoms with Crippen molar-refractivity contribution in [2.75, 3.05) is 0 Å². The molecular weight excluding hydrogens is 182 g/mol. The fourth-order valence-electron chi connectivity index (χ4n) is 2.77. The first-order valence-electron chi connectivity index (χ1n) is 5.93. The standard InChI is InChI=1S/C14H17N/c1-3-4-11-9(2)15-13-8-6-10-5-7-12(10)14(11)13/h6,8,15H,3-5,7H2,1-2H3. The van der Waals surface area contributed by atoms with Gasteiger partial charge in [-0.25, -0.2) is 0 Å². The third-order valence-corrected chi connectivity index (χ3v) is 3.63. The number of hydrogen-bond donors (Lipinski definition) is 1. The Morgan fingerprint density at radius 3 is 2.80 bits per heavy atom. The summed E-state index contributed by atoms with van der Waals surface area (Å²) < 4.78 is 0. The first-order chi connectivity index (χ1) is 7.31. The van der Waals surface area contributed by atoms with E-state index in [9.17, 15) is 0 Å². The Hall–Kier alpha value is -1.24. The molecule has 0 radical (unpaired) electrons. The van der Waals surface area contributed by atoms with Crippen molar-refractivity contribution in [3.63, 3.8) is 0 Å². The molecule has 1 aliphatic rings. The lowest BCUT2D eigenvalue weighted by atomic mass is 9.84. The summed E-state index contributed by atoms with van der Waals surface area (Å²) in [7, 11) is 0. The van der Waals surface area contributed by atoms with Crippen LogP contribution in [0.5, 0.6) is 0 Å². The molecule has 78 valence electrons. The largest absolute Gasteiger partial charge is 0.358 e. The van der Waals surface area contributed by atoms with Gasteiger partial charge in [-0.2, -0.15) is 0 Å². The number of aromatic nitrogens is 1. The predicted molar refractivity (Wildman–Crippen MR) is 64.4 cm³/mol. The highest BCUT2D eigenvalue weighted by Crippen LogP contribution is 2.34. The molecule has 3 rings (SSSR count). The van der Waals surface area contributed by atoms with Crippen LogP contribution in [0.2, 0.25) is 0 Å². The molecule has 0 unspecified atom stereocenters. The van der Waals surface area contributed by atoms with Crippen LogP contribution >= 0.6 is 0 Å². The molecular formula is C14H17N. The summed E-state index contributed by atoms with van der Waals surface area (Å²) in [5.74, 6) is 0. The van der Waals surface area contributed by atoms with Crippen molar-refractivity contribution < 1.29 is 0 Å². The molecule has 0 atom stereocenters. The number of rotatable bonds is 2. The minimum atomic E-state index is 1.21. The van der Waals surface area contributed by atoms with Gasteiger partial charge < -0.3 is 4.98 Å². The Bertz CT molecular complexity index is 520. The average Bonchev–Trinajstić information content (AvgIpc) is 2.45. The molecule has 1 aliphatic carbocycles. The van der Waals surface area contributed by atoms with Crippen LogP contribution < -0.4 is 0 Å². The highest BCUT2D eigenvalue weighted by atomic mass is 14.7. The van der Waals surface area contributed by atoms with Crippen LogP contribution in [0, 0.1) is 6.92 Å². The van der Waals surface area contributed by atoms with Crippen LogP contribution in [0.25, 0.3) is 10.9 Å². The minimum Gasteiger partial charge on any atom is -0.358 e. The summed E-state index contributed by atoms with van der Waals surface area (Å²) in [5.41, 5.74) is 7.45. The van der Waals surface area contributed by atoms with Gasteiger partial charge in [-0.1, -0.05) is 19.4 Å². The van der Waals surface area contributed by atoms with Crippen LogP contribution in [-0.4, -0.2) is 4.98 Å². The van der Waals surface area contributed by atoms with Gasteiger partial charge in [0.15, 0.2) is 0 Å². The zero-order chi connectivity index (χ0) is 10.4. The summed E-state index contributed by atoms with van der Waals surface area (Å²) in [6.07, 6.45) is 5.00. The highest BCUT2D eigenvalue weighted by Gasteiger charge is 2.19. The third kappa shape index (κ3) is 1.16. The Morgan fingerprint density at radius 2 is 2.13 bits per heavy atom. The number of nitrogens with one attached hydrogen (secondary N) is 1. The van der Waals surface area contributed by atoms with Gasteiger partial charge in [0.1, 0.15) is 0 Å². The van der Waals surface area contributed by atoms with Crippen LogP contribution in [0.1, 0.15) is 35.7 Å². The molecule has 0 saturated heterocycles. The van der Waals surface area contributed by atoms with Crippen LogP contribution in [-0.2, 0) is 19.3 Å². The summed E-state index contributed by atoms with van der Waals surface area (Å²) in [6, 6.07) is 4.53. The van der Waals surface area contributed by atoms with Crippen molar-refractivity contribution in [1.82, 2.24) is 4.98 Å². The number of hydrogen-bond acceptors (Lipinski definition) is 0. The van der Waals surface area contributed by atoms with Gasteiger partial charge >= 0.3 is 0 Å². The molecule has 0 aliphatic heterocycles. The quantitative estimate of drug-likeness (QED) is 0.761. The molecule has 1 aromatic heterocycles. The molecule has 1 aromatic carbocycles. The number of aromatic amines is 1. The van der Waals surface area contributed by atoms with Gasteiger partial charge in [-0.3, -0.25) is 0 Å². The lowest BCUT2D eigenvalue weighted by Gasteiger charge is -2.20. The van der Waals surface area contributed by atoms with E-state index in [0.717, 1.165) is 0 Å². The smallest absolute Gasteiger partial charge is 0.0461 e. The van der Waals surface area contributed by atoms with E-state index in [0.29, 0.717) is 0 Å². The van der Waals surface area contributed by atoms with Crippen LogP contribution in [0.4, 0.5) is 0 Å². The molecule has 1 heteroatoms. The molecule has 15 heavy (non-hydrogen) atoms. The molecule has 1 nitrogen and oxygen atoms in total. The van der Waals surface area contributed by atoms with Crippen molar-refractivity contribution in [2.45, 2.75) is 39.5 Å². The average molecular weight is 199 g/mol. The van der Waals surface area contributed by atoms with Crippen molar-refractivity contribution >= 4 is 10.9 Å². The number of H-pyrrole nitrogens is 1. The van der Waals surface area contributed by atoms with Crippen LogP contribution in [0.3, 0.4) is 0 Å². The van der Waals surface area contributed by atoms with Crippen molar-refractivity contribution in [3.05, 3.63) is 34.5 Å². The normalized spacial score (nSPS) is 14.0. The second-order valence-electron chi connectivity index (χ2n) is 4.60. The summed E-state index contributed by atoms with van der Waals surface area (Å²) in [5, 5.41) is 1.54. The van der Waals surface area contributed by atoms with E-state index in [2.05, 4.69) is 31.0 Å². The summed E-state index contributed by atoms with van der Waals surface area (Å²) in [4.78, 5) is 3.51. The second kappa shape index (κ2) is 3.13. The SMILES string of the molecule is CCCc1c(C)[nH]c2ccc3c(c12)CC3. The van der Waals surface area contributed by atoms with E-state index >= 15 is 0 Å². The molecule has 0 bridgehead atoms. The number of benzene rings is 1.